The number of rotatable bonds is 3. The number of amides is 2. The summed E-state index contributed by atoms with van der Waals surface area (Å²) in [6, 6.07) is 7.81. The third-order valence-electron chi connectivity index (χ3n) is 4.17. The third-order valence-corrected chi connectivity index (χ3v) is 4.17. The van der Waals surface area contributed by atoms with E-state index in [1.54, 1.807) is 0 Å². The van der Waals surface area contributed by atoms with Gasteiger partial charge in [0, 0.05) is 44.7 Å². The number of likely N-dealkylation sites (N-methyl/N-ethyl adjacent to an activating group) is 1. The lowest BCUT2D eigenvalue weighted by Crippen LogP contribution is -2.46. The van der Waals surface area contributed by atoms with Gasteiger partial charge >= 0.3 is 0 Å². The van der Waals surface area contributed by atoms with E-state index in [-0.39, 0.29) is 11.8 Å². The monoisotopic (exact) mass is 303 g/mol. The molecular weight excluding hydrogens is 282 g/mol. The zero-order chi connectivity index (χ0) is 15.5. The van der Waals surface area contributed by atoms with Crippen molar-refractivity contribution >= 4 is 17.5 Å². The number of benzene rings is 1. The SMILES string of the molecule is CN1CCN(c2ccc(OC3CCC(=O)NC3=O)cc2)CC1. The van der Waals surface area contributed by atoms with Gasteiger partial charge in [-0.3, -0.25) is 14.9 Å². The molecule has 2 aliphatic rings. The van der Waals surface area contributed by atoms with E-state index in [4.69, 9.17) is 4.74 Å². The number of hydrogen-bond acceptors (Lipinski definition) is 5. The van der Waals surface area contributed by atoms with Crippen molar-refractivity contribution in [1.82, 2.24) is 10.2 Å². The minimum absolute atomic E-state index is 0.227. The van der Waals surface area contributed by atoms with Gasteiger partial charge < -0.3 is 14.5 Å². The van der Waals surface area contributed by atoms with Crippen molar-refractivity contribution in [3.8, 4) is 5.75 Å². The second-order valence-electron chi connectivity index (χ2n) is 5.84. The molecule has 1 unspecified atom stereocenters. The molecule has 1 aromatic carbocycles. The molecule has 2 amide bonds. The summed E-state index contributed by atoms with van der Waals surface area (Å²) in [6.45, 7) is 4.16. The number of hydrogen-bond donors (Lipinski definition) is 1. The Morgan fingerprint density at radius 1 is 1.09 bits per heavy atom. The van der Waals surface area contributed by atoms with E-state index in [2.05, 4.69) is 22.2 Å². The Balaban J connectivity index is 1.59. The van der Waals surface area contributed by atoms with Gasteiger partial charge in [0.2, 0.25) is 5.91 Å². The van der Waals surface area contributed by atoms with Crippen LogP contribution in [0.25, 0.3) is 0 Å². The summed E-state index contributed by atoms with van der Waals surface area (Å²) < 4.78 is 5.68. The smallest absolute Gasteiger partial charge is 0.267 e. The average molecular weight is 303 g/mol. The maximum absolute atomic E-state index is 11.7. The largest absolute Gasteiger partial charge is 0.481 e. The van der Waals surface area contributed by atoms with Gasteiger partial charge in [0.1, 0.15) is 5.75 Å². The van der Waals surface area contributed by atoms with Crippen molar-refractivity contribution in [3.05, 3.63) is 24.3 Å². The highest BCUT2D eigenvalue weighted by atomic mass is 16.5. The fraction of sp³-hybridized carbons (Fsp3) is 0.500. The van der Waals surface area contributed by atoms with Gasteiger partial charge in [0.05, 0.1) is 0 Å². The molecule has 0 bridgehead atoms. The molecule has 1 atom stereocenters. The van der Waals surface area contributed by atoms with Gasteiger partial charge in [-0.15, -0.1) is 0 Å². The van der Waals surface area contributed by atoms with Crippen molar-refractivity contribution in [2.75, 3.05) is 38.1 Å². The first-order valence-electron chi connectivity index (χ1n) is 7.66. The minimum Gasteiger partial charge on any atom is -0.481 e. The van der Waals surface area contributed by atoms with Crippen molar-refractivity contribution in [3.63, 3.8) is 0 Å². The highest BCUT2D eigenvalue weighted by Crippen LogP contribution is 2.22. The molecule has 6 nitrogen and oxygen atoms in total. The molecule has 0 radical (unpaired) electrons. The van der Waals surface area contributed by atoms with E-state index in [1.165, 1.54) is 5.69 Å². The molecule has 2 saturated heterocycles. The molecule has 2 heterocycles. The van der Waals surface area contributed by atoms with Crippen LogP contribution in [0.1, 0.15) is 12.8 Å². The molecule has 22 heavy (non-hydrogen) atoms. The standard InChI is InChI=1S/C16H21N3O3/c1-18-8-10-19(11-9-18)12-2-4-13(5-3-12)22-14-6-7-15(20)17-16(14)21/h2-5,14H,6-11H2,1H3,(H,17,20,21). The van der Waals surface area contributed by atoms with Crippen LogP contribution in [0, 0.1) is 0 Å². The summed E-state index contributed by atoms with van der Waals surface area (Å²) in [5.74, 6) is 0.0852. The summed E-state index contributed by atoms with van der Waals surface area (Å²) in [4.78, 5) is 27.5. The fourth-order valence-corrected chi connectivity index (χ4v) is 2.75. The van der Waals surface area contributed by atoms with Crippen LogP contribution in [-0.4, -0.2) is 56.0 Å². The molecule has 1 aromatic rings. The number of piperidine rings is 1. The lowest BCUT2D eigenvalue weighted by molar-refractivity contribution is -0.138. The average Bonchev–Trinajstić information content (AvgIpc) is 2.52. The summed E-state index contributed by atoms with van der Waals surface area (Å²) in [5, 5.41) is 2.30. The number of ether oxygens (including phenoxy) is 1. The highest BCUT2D eigenvalue weighted by molar-refractivity contribution is 5.99. The topological polar surface area (TPSA) is 61.9 Å². The predicted molar refractivity (Wildman–Crippen MR) is 83.0 cm³/mol. The van der Waals surface area contributed by atoms with E-state index in [0.29, 0.717) is 18.6 Å². The molecule has 118 valence electrons. The first-order chi connectivity index (χ1) is 10.6. The molecule has 0 aromatic heterocycles. The molecule has 0 saturated carbocycles. The number of piperazine rings is 1. The van der Waals surface area contributed by atoms with Crippen LogP contribution < -0.4 is 15.0 Å². The summed E-state index contributed by atoms with van der Waals surface area (Å²) in [7, 11) is 2.13. The lowest BCUT2D eigenvalue weighted by Gasteiger charge is -2.34. The number of nitrogens with one attached hydrogen (secondary N) is 1. The number of carbonyl (C=O) groups excluding carboxylic acids is 2. The lowest BCUT2D eigenvalue weighted by atomic mass is 10.1. The fourth-order valence-electron chi connectivity index (χ4n) is 2.75. The zero-order valence-corrected chi connectivity index (χ0v) is 12.7. The predicted octanol–water partition coefficient (Wildman–Crippen LogP) is 0.622. The quantitative estimate of drug-likeness (QED) is 0.830. The second kappa shape index (κ2) is 6.36. The number of carbonyl (C=O) groups is 2. The van der Waals surface area contributed by atoms with E-state index in [1.807, 2.05) is 24.3 Å². The van der Waals surface area contributed by atoms with Gasteiger partial charge in [-0.05, 0) is 31.3 Å². The van der Waals surface area contributed by atoms with Crippen LogP contribution in [0.4, 0.5) is 5.69 Å². The maximum atomic E-state index is 11.7. The van der Waals surface area contributed by atoms with Crippen LogP contribution in [-0.2, 0) is 9.59 Å². The first-order valence-corrected chi connectivity index (χ1v) is 7.66. The van der Waals surface area contributed by atoms with E-state index in [9.17, 15) is 9.59 Å². The molecule has 0 aliphatic carbocycles. The van der Waals surface area contributed by atoms with Crippen molar-refractivity contribution in [2.45, 2.75) is 18.9 Å². The summed E-state index contributed by atoms with van der Waals surface area (Å²) >= 11 is 0. The van der Waals surface area contributed by atoms with Gasteiger partial charge in [-0.25, -0.2) is 0 Å². The Morgan fingerprint density at radius 2 is 1.77 bits per heavy atom. The van der Waals surface area contributed by atoms with E-state index in [0.717, 1.165) is 26.2 Å². The van der Waals surface area contributed by atoms with Crippen LogP contribution in [0.5, 0.6) is 5.75 Å². The zero-order valence-electron chi connectivity index (χ0n) is 12.7. The highest BCUT2D eigenvalue weighted by Gasteiger charge is 2.28. The molecule has 2 fully saturated rings. The van der Waals surface area contributed by atoms with E-state index >= 15 is 0 Å². The second-order valence-corrected chi connectivity index (χ2v) is 5.84. The van der Waals surface area contributed by atoms with E-state index < -0.39 is 6.10 Å². The van der Waals surface area contributed by atoms with Crippen molar-refractivity contribution in [1.29, 1.82) is 0 Å². The first kappa shape index (κ1) is 14.8. The summed E-state index contributed by atoms with van der Waals surface area (Å²) in [5.41, 5.74) is 1.17. The molecule has 3 rings (SSSR count). The normalized spacial score (nSPS) is 23.3. The molecule has 0 spiro atoms. The Morgan fingerprint density at radius 3 is 2.41 bits per heavy atom. The van der Waals surface area contributed by atoms with Crippen LogP contribution in [0.15, 0.2) is 24.3 Å². The molecule has 2 aliphatic heterocycles. The molecule has 1 N–H and O–H groups in total. The minimum atomic E-state index is -0.577. The van der Waals surface area contributed by atoms with Crippen LogP contribution in [0.3, 0.4) is 0 Å². The Hall–Kier alpha value is -2.08. The van der Waals surface area contributed by atoms with Gasteiger partial charge in [0.15, 0.2) is 6.10 Å². The van der Waals surface area contributed by atoms with Crippen LogP contribution in [0.2, 0.25) is 0 Å². The summed E-state index contributed by atoms with van der Waals surface area (Å²) in [6.07, 6.45) is 0.188. The third kappa shape index (κ3) is 3.39. The Labute approximate surface area is 130 Å². The Kier molecular flexibility index (Phi) is 4.29. The van der Waals surface area contributed by atoms with Crippen molar-refractivity contribution < 1.29 is 14.3 Å². The molecule has 6 heteroatoms. The number of nitrogens with zero attached hydrogens (tertiary/aromatic N) is 2. The number of anilines is 1. The number of imide groups is 1. The van der Waals surface area contributed by atoms with Gasteiger partial charge in [-0.2, -0.15) is 0 Å². The molecular formula is C16H21N3O3. The van der Waals surface area contributed by atoms with Crippen molar-refractivity contribution in [2.24, 2.45) is 0 Å². The van der Waals surface area contributed by atoms with Gasteiger partial charge in [-0.1, -0.05) is 0 Å². The maximum Gasteiger partial charge on any atom is 0.267 e. The van der Waals surface area contributed by atoms with Crippen LogP contribution >= 0.6 is 0 Å². The Bertz CT molecular complexity index is 550. The van der Waals surface area contributed by atoms with Gasteiger partial charge in [0.25, 0.3) is 5.91 Å².